The third-order valence-corrected chi connectivity index (χ3v) is 2.01. The van der Waals surface area contributed by atoms with Gasteiger partial charge in [0.15, 0.2) is 0 Å². The number of rotatable bonds is 5. The van der Waals surface area contributed by atoms with Crippen molar-refractivity contribution in [3.8, 4) is 0 Å². The van der Waals surface area contributed by atoms with Gasteiger partial charge in [-0.25, -0.2) is 9.67 Å². The Kier molecular flexibility index (Phi) is 4.03. The Hall–Kier alpha value is -0.940. The number of aromatic nitrogens is 3. The summed E-state index contributed by atoms with van der Waals surface area (Å²) in [6.07, 6.45) is 2.41. The van der Waals surface area contributed by atoms with E-state index >= 15 is 0 Å². The maximum absolute atomic E-state index is 5.33. The van der Waals surface area contributed by atoms with E-state index in [1.807, 2.05) is 11.6 Å². The lowest BCUT2D eigenvalue weighted by Gasteiger charge is -2.11. The van der Waals surface area contributed by atoms with Gasteiger partial charge in [0.1, 0.15) is 12.2 Å². The van der Waals surface area contributed by atoms with Crippen LogP contribution in [0.2, 0.25) is 0 Å². The van der Waals surface area contributed by atoms with Crippen LogP contribution in [0.4, 0.5) is 0 Å². The lowest BCUT2D eigenvalue weighted by atomic mass is 10.2. The summed E-state index contributed by atoms with van der Waals surface area (Å²) in [6, 6.07) is 0.227. The maximum atomic E-state index is 5.33. The van der Waals surface area contributed by atoms with Crippen molar-refractivity contribution in [2.75, 3.05) is 0 Å². The minimum Gasteiger partial charge on any atom is -0.271 e. The number of nitrogens with two attached hydrogens (primary N) is 1. The molecule has 14 heavy (non-hydrogen) atoms. The van der Waals surface area contributed by atoms with Crippen LogP contribution in [0.3, 0.4) is 0 Å². The van der Waals surface area contributed by atoms with E-state index in [2.05, 4.69) is 29.4 Å². The molecule has 3 N–H and O–H groups in total. The average molecular weight is 197 g/mol. The molecule has 0 amide bonds. The van der Waals surface area contributed by atoms with Gasteiger partial charge in [-0.2, -0.15) is 5.10 Å². The third-order valence-electron chi connectivity index (χ3n) is 2.01. The predicted molar refractivity (Wildman–Crippen MR) is 55.3 cm³/mol. The smallest absolute Gasteiger partial charge is 0.138 e. The van der Waals surface area contributed by atoms with Crippen LogP contribution < -0.4 is 11.3 Å². The van der Waals surface area contributed by atoms with Crippen LogP contribution in [0.5, 0.6) is 0 Å². The lowest BCUT2D eigenvalue weighted by Crippen LogP contribution is -2.35. The van der Waals surface area contributed by atoms with Crippen LogP contribution in [-0.4, -0.2) is 20.8 Å². The highest BCUT2D eigenvalue weighted by Crippen LogP contribution is 2.03. The van der Waals surface area contributed by atoms with E-state index in [9.17, 15) is 0 Å². The molecule has 0 bridgehead atoms. The molecule has 0 aliphatic carbocycles. The molecule has 1 unspecified atom stereocenters. The van der Waals surface area contributed by atoms with E-state index in [0.29, 0.717) is 5.92 Å². The summed E-state index contributed by atoms with van der Waals surface area (Å²) in [5, 5.41) is 4.18. The predicted octanol–water partition coefficient (Wildman–Crippen LogP) is 0.328. The molecule has 5 nitrogen and oxygen atoms in total. The monoisotopic (exact) mass is 197 g/mol. The molecule has 1 aromatic rings. The van der Waals surface area contributed by atoms with E-state index in [1.165, 1.54) is 0 Å². The van der Waals surface area contributed by atoms with E-state index in [4.69, 9.17) is 5.84 Å². The Balaban J connectivity index is 2.62. The maximum Gasteiger partial charge on any atom is 0.138 e. The fraction of sp³-hybridized carbons (Fsp3) is 0.778. The molecule has 0 saturated heterocycles. The van der Waals surface area contributed by atoms with Crippen LogP contribution in [0.25, 0.3) is 0 Å². The second-order valence-corrected chi connectivity index (χ2v) is 4.02. The summed E-state index contributed by atoms with van der Waals surface area (Å²) in [5.41, 5.74) is 2.70. The van der Waals surface area contributed by atoms with Gasteiger partial charge in [-0.1, -0.05) is 13.8 Å². The van der Waals surface area contributed by atoms with Crippen LogP contribution in [0, 0.1) is 5.92 Å². The fourth-order valence-corrected chi connectivity index (χ4v) is 1.28. The molecule has 0 spiro atoms. The highest BCUT2D eigenvalue weighted by molar-refractivity contribution is 4.88. The molecule has 1 atom stereocenters. The van der Waals surface area contributed by atoms with Crippen molar-refractivity contribution in [3.05, 3.63) is 12.2 Å². The number of nitrogens with one attached hydrogen (secondary N) is 1. The van der Waals surface area contributed by atoms with Crippen molar-refractivity contribution in [2.45, 2.75) is 39.8 Å². The molecule has 0 aliphatic rings. The summed E-state index contributed by atoms with van der Waals surface area (Å²) >= 11 is 0. The highest BCUT2D eigenvalue weighted by atomic mass is 15.3. The molecular weight excluding hydrogens is 178 g/mol. The molecule has 1 aromatic heterocycles. The van der Waals surface area contributed by atoms with Gasteiger partial charge in [0.05, 0.1) is 0 Å². The highest BCUT2D eigenvalue weighted by Gasteiger charge is 2.09. The van der Waals surface area contributed by atoms with Crippen molar-refractivity contribution >= 4 is 0 Å². The van der Waals surface area contributed by atoms with Crippen molar-refractivity contribution in [3.63, 3.8) is 0 Å². The first-order chi connectivity index (χ1) is 6.63. The second kappa shape index (κ2) is 5.07. The molecule has 0 fully saturated rings. The number of hydrogen-bond donors (Lipinski definition) is 2. The minimum absolute atomic E-state index is 0.227. The van der Waals surface area contributed by atoms with E-state index in [1.54, 1.807) is 6.33 Å². The Labute approximate surface area is 84.7 Å². The van der Waals surface area contributed by atoms with Crippen LogP contribution in [-0.2, 0) is 13.0 Å². The first kappa shape index (κ1) is 11.1. The number of hydrazine groups is 1. The van der Waals surface area contributed by atoms with Gasteiger partial charge in [-0.05, 0) is 12.8 Å². The Morgan fingerprint density at radius 2 is 2.21 bits per heavy atom. The molecule has 0 radical (unpaired) electrons. The first-order valence-electron chi connectivity index (χ1n) is 4.96. The summed E-state index contributed by atoms with van der Waals surface area (Å²) in [6.45, 7) is 7.26. The SMILES string of the molecule is CC(C)Cn1ncnc1CC(C)NN. The van der Waals surface area contributed by atoms with Gasteiger partial charge in [-0.15, -0.1) is 0 Å². The topological polar surface area (TPSA) is 68.8 Å². The fourth-order valence-electron chi connectivity index (χ4n) is 1.28. The third kappa shape index (κ3) is 3.08. The van der Waals surface area contributed by atoms with Gasteiger partial charge in [0.2, 0.25) is 0 Å². The summed E-state index contributed by atoms with van der Waals surface area (Å²) in [7, 11) is 0. The minimum atomic E-state index is 0.227. The standard InChI is InChI=1S/C9H19N5/c1-7(2)5-14-9(11-6-12-14)4-8(3)13-10/h6-8,13H,4-5,10H2,1-3H3. The van der Waals surface area contributed by atoms with E-state index < -0.39 is 0 Å². The van der Waals surface area contributed by atoms with Crippen molar-refractivity contribution in [1.82, 2.24) is 20.2 Å². The van der Waals surface area contributed by atoms with Gasteiger partial charge in [0, 0.05) is 19.0 Å². The summed E-state index contributed by atoms with van der Waals surface area (Å²) in [5.74, 6) is 6.90. The zero-order valence-electron chi connectivity index (χ0n) is 9.07. The Bertz CT molecular complexity index is 268. The van der Waals surface area contributed by atoms with Crippen molar-refractivity contribution in [2.24, 2.45) is 11.8 Å². The zero-order valence-corrected chi connectivity index (χ0v) is 9.07. The van der Waals surface area contributed by atoms with Gasteiger partial charge >= 0.3 is 0 Å². The molecule has 1 rings (SSSR count). The zero-order chi connectivity index (χ0) is 10.6. The molecule has 0 saturated carbocycles. The molecule has 1 heterocycles. The average Bonchev–Trinajstić information content (AvgIpc) is 2.52. The Morgan fingerprint density at radius 3 is 2.79 bits per heavy atom. The Morgan fingerprint density at radius 1 is 1.50 bits per heavy atom. The van der Waals surface area contributed by atoms with Crippen molar-refractivity contribution < 1.29 is 0 Å². The van der Waals surface area contributed by atoms with Crippen LogP contribution in [0.15, 0.2) is 6.33 Å². The lowest BCUT2D eigenvalue weighted by molar-refractivity contribution is 0.450. The van der Waals surface area contributed by atoms with Gasteiger partial charge in [0.25, 0.3) is 0 Å². The molecular formula is C9H19N5. The molecule has 5 heteroatoms. The molecule has 0 aliphatic heterocycles. The van der Waals surface area contributed by atoms with E-state index in [-0.39, 0.29) is 6.04 Å². The summed E-state index contributed by atoms with van der Waals surface area (Å²) < 4.78 is 1.94. The van der Waals surface area contributed by atoms with Gasteiger partial charge in [-0.3, -0.25) is 11.3 Å². The van der Waals surface area contributed by atoms with Gasteiger partial charge < -0.3 is 0 Å². The van der Waals surface area contributed by atoms with Crippen molar-refractivity contribution in [1.29, 1.82) is 0 Å². The van der Waals surface area contributed by atoms with Crippen LogP contribution >= 0.6 is 0 Å². The second-order valence-electron chi connectivity index (χ2n) is 4.02. The van der Waals surface area contributed by atoms with E-state index in [0.717, 1.165) is 18.8 Å². The normalized spacial score (nSPS) is 13.5. The molecule has 0 aromatic carbocycles. The quantitative estimate of drug-likeness (QED) is 0.527. The largest absolute Gasteiger partial charge is 0.271 e. The first-order valence-corrected chi connectivity index (χ1v) is 4.96. The number of hydrogen-bond acceptors (Lipinski definition) is 4. The van der Waals surface area contributed by atoms with Crippen LogP contribution in [0.1, 0.15) is 26.6 Å². The summed E-state index contributed by atoms with van der Waals surface area (Å²) in [4.78, 5) is 4.21. The number of nitrogens with zero attached hydrogens (tertiary/aromatic N) is 3. The molecule has 80 valence electrons.